The SMILES string of the molecule is CCOC(=O)C(C)(NCCCN=[N+]=[N-])c1ccccn1. The van der Waals surface area contributed by atoms with Crippen LogP contribution in [0.5, 0.6) is 0 Å². The van der Waals surface area contributed by atoms with Crippen LogP contribution in [0.15, 0.2) is 29.5 Å². The molecule has 0 aromatic carbocycles. The Hall–Kier alpha value is -2.11. The lowest BCUT2D eigenvalue weighted by Gasteiger charge is -2.28. The van der Waals surface area contributed by atoms with Crippen LogP contribution in [-0.4, -0.2) is 30.6 Å². The van der Waals surface area contributed by atoms with Crippen LogP contribution in [0.1, 0.15) is 26.0 Å². The molecule has 1 aromatic rings. The van der Waals surface area contributed by atoms with Crippen LogP contribution in [0.2, 0.25) is 0 Å². The van der Waals surface area contributed by atoms with Gasteiger partial charge in [-0.15, -0.1) is 0 Å². The molecule has 0 saturated carbocycles. The number of carbonyl (C=O) groups is 1. The molecular formula is C13H19N5O2. The van der Waals surface area contributed by atoms with Crippen molar-refractivity contribution in [2.24, 2.45) is 5.11 Å². The number of nitrogens with one attached hydrogen (secondary N) is 1. The summed E-state index contributed by atoms with van der Waals surface area (Å²) >= 11 is 0. The van der Waals surface area contributed by atoms with E-state index in [1.54, 1.807) is 32.2 Å². The second-order valence-corrected chi connectivity index (χ2v) is 4.30. The van der Waals surface area contributed by atoms with Gasteiger partial charge >= 0.3 is 5.97 Å². The van der Waals surface area contributed by atoms with Gasteiger partial charge in [-0.3, -0.25) is 10.3 Å². The first-order valence-electron chi connectivity index (χ1n) is 6.49. The summed E-state index contributed by atoms with van der Waals surface area (Å²) in [7, 11) is 0. The first-order chi connectivity index (χ1) is 9.65. The molecule has 0 aliphatic carbocycles. The smallest absolute Gasteiger partial charge is 0.332 e. The Bertz CT molecular complexity index is 473. The minimum Gasteiger partial charge on any atom is -0.464 e. The number of azide groups is 1. The first kappa shape index (κ1) is 15.9. The predicted molar refractivity (Wildman–Crippen MR) is 74.9 cm³/mol. The molecule has 0 saturated heterocycles. The van der Waals surface area contributed by atoms with Gasteiger partial charge < -0.3 is 4.74 Å². The van der Waals surface area contributed by atoms with E-state index < -0.39 is 5.54 Å². The zero-order valence-corrected chi connectivity index (χ0v) is 11.7. The normalized spacial score (nSPS) is 13.1. The predicted octanol–water partition coefficient (Wildman–Crippen LogP) is 2.15. The van der Waals surface area contributed by atoms with E-state index in [1.807, 2.05) is 6.07 Å². The van der Waals surface area contributed by atoms with Crippen LogP contribution >= 0.6 is 0 Å². The Labute approximate surface area is 118 Å². The Kier molecular flexibility index (Phi) is 6.49. The summed E-state index contributed by atoms with van der Waals surface area (Å²) in [6.07, 6.45) is 2.26. The molecule has 0 fully saturated rings. The number of hydrogen-bond donors (Lipinski definition) is 1. The highest BCUT2D eigenvalue weighted by molar-refractivity contribution is 5.81. The van der Waals surface area contributed by atoms with Crippen LogP contribution in [0, 0.1) is 0 Å². The molecule has 0 radical (unpaired) electrons. The minimum absolute atomic E-state index is 0.307. The van der Waals surface area contributed by atoms with Gasteiger partial charge in [0, 0.05) is 17.7 Å². The fourth-order valence-corrected chi connectivity index (χ4v) is 1.73. The van der Waals surface area contributed by atoms with Crippen molar-refractivity contribution in [3.8, 4) is 0 Å². The molecule has 1 aromatic heterocycles. The fourth-order valence-electron chi connectivity index (χ4n) is 1.73. The van der Waals surface area contributed by atoms with E-state index in [9.17, 15) is 4.79 Å². The molecule has 1 rings (SSSR count). The van der Waals surface area contributed by atoms with Gasteiger partial charge in [-0.1, -0.05) is 11.2 Å². The first-order valence-corrected chi connectivity index (χ1v) is 6.49. The lowest BCUT2D eigenvalue weighted by Crippen LogP contribution is -2.48. The summed E-state index contributed by atoms with van der Waals surface area (Å²) in [6, 6.07) is 5.38. The van der Waals surface area contributed by atoms with Gasteiger partial charge in [-0.25, -0.2) is 4.79 Å². The van der Waals surface area contributed by atoms with Crippen LogP contribution in [0.25, 0.3) is 10.4 Å². The standard InChI is InChI=1S/C13H19N5O2/c1-3-20-12(19)13(2,11-7-4-5-8-15-11)16-9-6-10-17-18-14/h4-5,7-8,16H,3,6,9-10H2,1-2H3. The summed E-state index contributed by atoms with van der Waals surface area (Å²) in [6.45, 7) is 4.70. The molecule has 1 unspecified atom stereocenters. The molecule has 108 valence electrons. The van der Waals surface area contributed by atoms with Gasteiger partial charge in [0.25, 0.3) is 0 Å². The maximum atomic E-state index is 12.2. The van der Waals surface area contributed by atoms with Crippen molar-refractivity contribution in [1.29, 1.82) is 0 Å². The summed E-state index contributed by atoms with van der Waals surface area (Å²) in [5.41, 5.74) is 7.81. The van der Waals surface area contributed by atoms with Gasteiger partial charge in [0.05, 0.1) is 12.3 Å². The number of aromatic nitrogens is 1. The number of carbonyl (C=O) groups excluding carboxylic acids is 1. The second kappa shape index (κ2) is 8.14. The number of rotatable bonds is 8. The molecular weight excluding hydrogens is 258 g/mol. The zero-order chi connectivity index (χ0) is 14.8. The average molecular weight is 277 g/mol. The summed E-state index contributed by atoms with van der Waals surface area (Å²) in [5.74, 6) is -0.373. The summed E-state index contributed by atoms with van der Waals surface area (Å²) in [5, 5.41) is 6.59. The highest BCUT2D eigenvalue weighted by Gasteiger charge is 2.37. The van der Waals surface area contributed by atoms with Gasteiger partial charge in [0.2, 0.25) is 0 Å². The van der Waals surface area contributed by atoms with Crippen LogP contribution in [0.3, 0.4) is 0 Å². The third-order valence-electron chi connectivity index (χ3n) is 2.84. The molecule has 7 heteroatoms. The highest BCUT2D eigenvalue weighted by Crippen LogP contribution is 2.20. The third-order valence-corrected chi connectivity index (χ3v) is 2.84. The molecule has 7 nitrogen and oxygen atoms in total. The van der Waals surface area contributed by atoms with E-state index >= 15 is 0 Å². The third kappa shape index (κ3) is 4.22. The summed E-state index contributed by atoms with van der Waals surface area (Å²) < 4.78 is 5.12. The van der Waals surface area contributed by atoms with E-state index in [1.165, 1.54) is 0 Å². The number of ether oxygens (including phenoxy) is 1. The fraction of sp³-hybridized carbons (Fsp3) is 0.538. The van der Waals surface area contributed by atoms with Crippen LogP contribution in [-0.2, 0) is 15.1 Å². The maximum Gasteiger partial charge on any atom is 0.332 e. The molecule has 0 aliphatic rings. The molecule has 0 aliphatic heterocycles. The van der Waals surface area contributed by atoms with Gasteiger partial charge in [0.1, 0.15) is 0 Å². The lowest BCUT2D eigenvalue weighted by atomic mass is 9.97. The number of hydrogen-bond acceptors (Lipinski definition) is 5. The average Bonchev–Trinajstić information content (AvgIpc) is 2.48. The Morgan fingerprint density at radius 3 is 3.00 bits per heavy atom. The van der Waals surface area contributed by atoms with E-state index in [-0.39, 0.29) is 5.97 Å². The van der Waals surface area contributed by atoms with Crippen molar-refractivity contribution in [3.05, 3.63) is 40.5 Å². The molecule has 0 bridgehead atoms. The highest BCUT2D eigenvalue weighted by atomic mass is 16.5. The molecule has 20 heavy (non-hydrogen) atoms. The van der Waals surface area contributed by atoms with Crippen LogP contribution in [0.4, 0.5) is 0 Å². The van der Waals surface area contributed by atoms with Gasteiger partial charge in [-0.2, -0.15) is 0 Å². The lowest BCUT2D eigenvalue weighted by molar-refractivity contribution is -0.151. The van der Waals surface area contributed by atoms with E-state index in [0.717, 1.165) is 0 Å². The number of esters is 1. The van der Waals surface area contributed by atoms with Gasteiger partial charge in [-0.05, 0) is 44.5 Å². The Morgan fingerprint density at radius 2 is 2.40 bits per heavy atom. The number of nitrogens with zero attached hydrogens (tertiary/aromatic N) is 4. The molecule has 0 spiro atoms. The van der Waals surface area contributed by atoms with Crippen molar-refractivity contribution in [3.63, 3.8) is 0 Å². The quantitative estimate of drug-likeness (QED) is 0.258. The zero-order valence-electron chi connectivity index (χ0n) is 11.7. The molecule has 1 atom stereocenters. The van der Waals surface area contributed by atoms with Gasteiger partial charge in [0.15, 0.2) is 5.54 Å². The Morgan fingerprint density at radius 1 is 1.60 bits per heavy atom. The Balaban J connectivity index is 2.79. The van der Waals surface area contributed by atoms with Crippen LogP contribution < -0.4 is 5.32 Å². The van der Waals surface area contributed by atoms with E-state index in [0.29, 0.717) is 31.8 Å². The van der Waals surface area contributed by atoms with Crippen molar-refractivity contribution < 1.29 is 9.53 Å². The van der Waals surface area contributed by atoms with Crippen molar-refractivity contribution in [2.75, 3.05) is 19.7 Å². The number of pyridine rings is 1. The summed E-state index contributed by atoms with van der Waals surface area (Å²) in [4.78, 5) is 19.1. The molecule has 0 amide bonds. The van der Waals surface area contributed by atoms with Crippen molar-refractivity contribution in [1.82, 2.24) is 10.3 Å². The monoisotopic (exact) mass is 277 g/mol. The second-order valence-electron chi connectivity index (χ2n) is 4.30. The largest absolute Gasteiger partial charge is 0.464 e. The topological polar surface area (TPSA) is 100.0 Å². The molecule has 1 N–H and O–H groups in total. The maximum absolute atomic E-state index is 12.2. The van der Waals surface area contributed by atoms with E-state index in [2.05, 4.69) is 20.3 Å². The van der Waals surface area contributed by atoms with E-state index in [4.69, 9.17) is 10.3 Å². The minimum atomic E-state index is -1.01. The van der Waals surface area contributed by atoms with Crippen molar-refractivity contribution >= 4 is 5.97 Å². The van der Waals surface area contributed by atoms with Crippen molar-refractivity contribution in [2.45, 2.75) is 25.8 Å². The molecule has 1 heterocycles.